The topological polar surface area (TPSA) is 65.5 Å². The van der Waals surface area contributed by atoms with Gasteiger partial charge in [-0.25, -0.2) is 14.6 Å². The van der Waals surface area contributed by atoms with Gasteiger partial charge in [-0.2, -0.15) is 0 Å². The van der Waals surface area contributed by atoms with Crippen LogP contribution in [0.4, 0.5) is 0 Å². The van der Waals surface area contributed by atoms with Gasteiger partial charge >= 0.3 is 11.9 Å². The largest absolute Gasteiger partial charge is 0.460 e. The van der Waals surface area contributed by atoms with E-state index in [-0.39, 0.29) is 12.7 Å². The maximum Gasteiger partial charge on any atom is 0.348 e. The smallest absolute Gasteiger partial charge is 0.348 e. The van der Waals surface area contributed by atoms with Crippen LogP contribution in [0.25, 0.3) is 20.1 Å². The molecule has 3 aromatic rings. The van der Waals surface area contributed by atoms with Crippen molar-refractivity contribution in [2.75, 3.05) is 6.61 Å². The molecule has 7 heteroatoms. The van der Waals surface area contributed by atoms with Crippen molar-refractivity contribution in [3.8, 4) is 9.88 Å². The summed E-state index contributed by atoms with van der Waals surface area (Å²) in [5, 5.41) is 0.871. The molecular weight excluding hydrogens is 430 g/mol. The minimum atomic E-state index is -0.508. The third-order valence-corrected chi connectivity index (χ3v) is 8.15. The van der Waals surface area contributed by atoms with Gasteiger partial charge in [0.1, 0.15) is 16.0 Å². The van der Waals surface area contributed by atoms with Crippen molar-refractivity contribution < 1.29 is 19.1 Å². The molecule has 0 aliphatic heterocycles. The molecular formula is C24H27NO4S2. The Morgan fingerprint density at radius 3 is 2.71 bits per heavy atom. The van der Waals surface area contributed by atoms with Crippen molar-refractivity contribution in [1.29, 1.82) is 0 Å². The highest BCUT2D eigenvalue weighted by atomic mass is 32.1. The van der Waals surface area contributed by atoms with Gasteiger partial charge in [-0.05, 0) is 54.9 Å². The van der Waals surface area contributed by atoms with E-state index in [2.05, 4.69) is 25.8 Å². The molecule has 1 aromatic carbocycles. The second kappa shape index (κ2) is 9.49. The summed E-state index contributed by atoms with van der Waals surface area (Å²) in [6, 6.07) is 11.5. The van der Waals surface area contributed by atoms with E-state index in [1.54, 1.807) is 17.4 Å². The first-order chi connectivity index (χ1) is 14.9. The predicted octanol–water partition coefficient (Wildman–Crippen LogP) is 6.19. The van der Waals surface area contributed by atoms with Crippen molar-refractivity contribution in [2.24, 2.45) is 17.8 Å². The van der Waals surface area contributed by atoms with Gasteiger partial charge in [-0.1, -0.05) is 39.3 Å². The highest BCUT2D eigenvalue weighted by Gasteiger charge is 2.33. The Labute approximate surface area is 190 Å². The molecule has 1 saturated carbocycles. The zero-order chi connectivity index (χ0) is 22.0. The van der Waals surface area contributed by atoms with Crippen molar-refractivity contribution in [3.05, 3.63) is 41.3 Å². The number of fused-ring (bicyclic) bond motifs is 1. The van der Waals surface area contributed by atoms with Gasteiger partial charge in [0, 0.05) is 0 Å². The minimum absolute atomic E-state index is 0.0951. The Kier molecular flexibility index (Phi) is 6.72. The lowest BCUT2D eigenvalue weighted by molar-refractivity contribution is -0.159. The number of benzene rings is 1. The minimum Gasteiger partial charge on any atom is -0.460 e. The van der Waals surface area contributed by atoms with E-state index in [9.17, 15) is 9.59 Å². The molecule has 1 aliphatic carbocycles. The molecule has 0 saturated heterocycles. The van der Waals surface area contributed by atoms with Crippen LogP contribution in [-0.2, 0) is 14.3 Å². The zero-order valence-electron chi connectivity index (χ0n) is 18.0. The molecule has 31 heavy (non-hydrogen) atoms. The molecule has 0 spiro atoms. The fraction of sp³-hybridized carbons (Fsp3) is 0.458. The SMILES string of the molecule is CC(C)[C@@H]1CC[C@@H](C)C[C@@H]1OC(=O)COC(=O)c1ccc(-c2nc3ccccc3s2)s1. The van der Waals surface area contributed by atoms with Crippen LogP contribution in [0, 0.1) is 17.8 Å². The van der Waals surface area contributed by atoms with Crippen LogP contribution in [-0.4, -0.2) is 29.6 Å². The average molecular weight is 458 g/mol. The van der Waals surface area contributed by atoms with Gasteiger partial charge in [-0.3, -0.25) is 0 Å². The highest BCUT2D eigenvalue weighted by molar-refractivity contribution is 7.26. The van der Waals surface area contributed by atoms with Gasteiger partial charge in [0.05, 0.1) is 15.1 Å². The third-order valence-electron chi connectivity index (χ3n) is 5.88. The number of carbonyl (C=O) groups excluding carboxylic acids is 2. The van der Waals surface area contributed by atoms with Crippen LogP contribution in [0.15, 0.2) is 36.4 Å². The van der Waals surface area contributed by atoms with Crippen molar-refractivity contribution in [3.63, 3.8) is 0 Å². The molecule has 0 bridgehead atoms. The van der Waals surface area contributed by atoms with Crippen LogP contribution in [0.1, 0.15) is 49.7 Å². The monoisotopic (exact) mass is 457 g/mol. The van der Waals surface area contributed by atoms with Gasteiger partial charge < -0.3 is 9.47 Å². The van der Waals surface area contributed by atoms with Crippen LogP contribution in [0.2, 0.25) is 0 Å². The van der Waals surface area contributed by atoms with E-state index >= 15 is 0 Å². The Morgan fingerprint density at radius 1 is 1.13 bits per heavy atom. The summed E-state index contributed by atoms with van der Waals surface area (Å²) in [6.07, 6.45) is 3.02. The van der Waals surface area contributed by atoms with Crippen LogP contribution >= 0.6 is 22.7 Å². The number of esters is 2. The molecule has 1 fully saturated rings. The molecule has 1 aliphatic rings. The summed E-state index contributed by atoms with van der Waals surface area (Å²) in [7, 11) is 0. The van der Waals surface area contributed by atoms with Crippen LogP contribution < -0.4 is 0 Å². The Morgan fingerprint density at radius 2 is 1.94 bits per heavy atom. The molecule has 2 heterocycles. The van der Waals surface area contributed by atoms with Crippen molar-refractivity contribution >= 4 is 44.8 Å². The number of hydrogen-bond acceptors (Lipinski definition) is 7. The number of thiazole rings is 1. The molecule has 2 aromatic heterocycles. The number of nitrogens with zero attached hydrogens (tertiary/aromatic N) is 1. The molecule has 0 amide bonds. The number of aromatic nitrogens is 1. The van der Waals surface area contributed by atoms with E-state index in [0.29, 0.717) is 22.6 Å². The second-order valence-corrected chi connectivity index (χ2v) is 10.7. The number of hydrogen-bond donors (Lipinski definition) is 0. The first-order valence-electron chi connectivity index (χ1n) is 10.7. The van der Waals surface area contributed by atoms with Crippen molar-refractivity contribution in [1.82, 2.24) is 4.98 Å². The molecule has 4 rings (SSSR count). The van der Waals surface area contributed by atoms with E-state index in [1.807, 2.05) is 30.3 Å². The van der Waals surface area contributed by atoms with Gasteiger partial charge in [0.25, 0.3) is 0 Å². The predicted molar refractivity (Wildman–Crippen MR) is 124 cm³/mol. The molecule has 3 atom stereocenters. The lowest BCUT2D eigenvalue weighted by atomic mass is 9.75. The molecule has 164 valence electrons. The van der Waals surface area contributed by atoms with Gasteiger partial charge in [0.15, 0.2) is 6.61 Å². The number of ether oxygens (including phenoxy) is 2. The zero-order valence-corrected chi connectivity index (χ0v) is 19.6. The van der Waals surface area contributed by atoms with E-state index in [0.717, 1.165) is 32.9 Å². The number of para-hydroxylation sites is 1. The average Bonchev–Trinajstić information content (AvgIpc) is 3.39. The highest BCUT2D eigenvalue weighted by Crippen LogP contribution is 2.36. The molecule has 0 unspecified atom stereocenters. The summed E-state index contributed by atoms with van der Waals surface area (Å²) in [4.78, 5) is 30.8. The third kappa shape index (κ3) is 5.15. The standard InChI is InChI=1S/C24H27NO4S2/c1-14(2)16-9-8-15(3)12-18(16)29-22(26)13-28-24(27)21-11-10-20(30-21)23-25-17-6-4-5-7-19(17)31-23/h4-7,10-11,14-16,18H,8-9,12-13H2,1-3H3/t15-,16+,18+/m1/s1. The Balaban J connectivity index is 1.34. The maximum atomic E-state index is 12.4. The number of carbonyl (C=O) groups is 2. The lowest BCUT2D eigenvalue weighted by Gasteiger charge is -2.36. The maximum absolute atomic E-state index is 12.4. The summed E-state index contributed by atoms with van der Waals surface area (Å²) in [6.45, 7) is 6.17. The van der Waals surface area contributed by atoms with Gasteiger partial charge in [0.2, 0.25) is 0 Å². The first-order valence-corrected chi connectivity index (χ1v) is 12.4. The van der Waals surface area contributed by atoms with E-state index in [1.165, 1.54) is 17.8 Å². The fourth-order valence-electron chi connectivity index (χ4n) is 4.19. The van der Waals surface area contributed by atoms with Crippen LogP contribution in [0.5, 0.6) is 0 Å². The summed E-state index contributed by atoms with van der Waals surface area (Å²) >= 11 is 2.91. The quantitative estimate of drug-likeness (QED) is 0.413. The Hall–Kier alpha value is -2.25. The summed E-state index contributed by atoms with van der Waals surface area (Å²) in [5.41, 5.74) is 0.944. The number of thiophene rings is 1. The first kappa shape index (κ1) is 22.0. The van der Waals surface area contributed by atoms with Crippen LogP contribution in [0.3, 0.4) is 0 Å². The van der Waals surface area contributed by atoms with E-state index in [4.69, 9.17) is 9.47 Å². The molecule has 5 nitrogen and oxygen atoms in total. The Bertz CT molecular complexity index is 1040. The molecule has 0 radical (unpaired) electrons. The summed E-state index contributed by atoms with van der Waals surface area (Å²) in [5.74, 6) is 0.389. The normalized spacial score (nSPS) is 21.4. The lowest BCUT2D eigenvalue weighted by Crippen LogP contribution is -2.36. The molecule has 0 N–H and O–H groups in total. The van der Waals surface area contributed by atoms with Gasteiger partial charge in [-0.15, -0.1) is 22.7 Å². The van der Waals surface area contributed by atoms with E-state index < -0.39 is 11.9 Å². The second-order valence-electron chi connectivity index (χ2n) is 8.58. The fourth-order valence-corrected chi connectivity index (χ4v) is 6.11. The number of rotatable bonds is 6. The summed E-state index contributed by atoms with van der Waals surface area (Å²) < 4.78 is 12.1. The van der Waals surface area contributed by atoms with Crippen molar-refractivity contribution in [2.45, 2.75) is 46.1 Å².